The summed E-state index contributed by atoms with van der Waals surface area (Å²) in [5, 5.41) is 8.82. The SMILES string of the molecule is CCN(C(=O)c1cc(-c2ccn(-c3cncc(F)c3C(=O)N(CC)[C@@H](C)COc3ccc(C(F)(F)F)cn3)n2)ncc1-n1cccn1)[C@@H](C)COc1ccc(C(F)(F)F)cn1. The van der Waals surface area contributed by atoms with Gasteiger partial charge in [0.15, 0.2) is 5.82 Å². The third kappa shape index (κ3) is 9.93. The van der Waals surface area contributed by atoms with Crippen molar-refractivity contribution in [3.05, 3.63) is 120 Å². The zero-order valence-electron chi connectivity index (χ0n) is 32.9. The van der Waals surface area contributed by atoms with Crippen molar-refractivity contribution in [2.75, 3.05) is 26.3 Å². The summed E-state index contributed by atoms with van der Waals surface area (Å²) in [6, 6.07) is 7.25. The normalized spacial score (nSPS) is 12.8. The van der Waals surface area contributed by atoms with Crippen LogP contribution in [0.2, 0.25) is 0 Å². The summed E-state index contributed by atoms with van der Waals surface area (Å²) in [5.41, 5.74) is -1.33. The van der Waals surface area contributed by atoms with Crippen LogP contribution in [0, 0.1) is 5.82 Å². The smallest absolute Gasteiger partial charge is 0.417 e. The number of rotatable bonds is 15. The molecule has 6 aromatic heterocycles. The molecule has 6 aromatic rings. The van der Waals surface area contributed by atoms with E-state index in [1.165, 1.54) is 50.0 Å². The van der Waals surface area contributed by atoms with Crippen molar-refractivity contribution in [2.45, 2.75) is 52.1 Å². The number of pyridine rings is 4. The van der Waals surface area contributed by atoms with Gasteiger partial charge in [-0.05, 0) is 58.0 Å². The van der Waals surface area contributed by atoms with Crippen molar-refractivity contribution >= 4 is 11.8 Å². The zero-order valence-corrected chi connectivity index (χ0v) is 32.9. The molecule has 2 atom stereocenters. The van der Waals surface area contributed by atoms with E-state index in [9.17, 15) is 35.9 Å². The standard InChI is InChI=1S/C40H37F7N10O4/c1-5-54(24(3)22-60-34-10-8-26(17-50-34)39(42,43)44)37(58)28-16-31(49-21-32(28)56-14-7-13-52-56)30-12-15-57(53-30)33-20-48-19-29(41)36(33)38(59)55(6-2)25(4)23-61-35-11-9-27(18-51-35)40(45,46)47/h7-21,24-25H,5-6,22-23H2,1-4H3/t24-,25-/m0/s1. The minimum atomic E-state index is -4.58. The molecule has 0 spiro atoms. The Morgan fingerprint density at radius 3 is 1.80 bits per heavy atom. The van der Waals surface area contributed by atoms with E-state index in [-0.39, 0.29) is 66.3 Å². The van der Waals surface area contributed by atoms with Crippen molar-refractivity contribution in [3.8, 4) is 34.5 Å². The highest BCUT2D eigenvalue weighted by molar-refractivity contribution is 5.99. The minimum absolute atomic E-state index is 0.0230. The third-order valence-electron chi connectivity index (χ3n) is 9.40. The Morgan fingerprint density at radius 2 is 1.30 bits per heavy atom. The number of carbonyl (C=O) groups excluding carboxylic acids is 2. The molecule has 2 amide bonds. The van der Waals surface area contributed by atoms with Crippen LogP contribution in [0.15, 0.2) is 92.0 Å². The van der Waals surface area contributed by atoms with E-state index < -0.39 is 53.2 Å². The largest absolute Gasteiger partial charge is 0.475 e. The van der Waals surface area contributed by atoms with Gasteiger partial charge in [0.2, 0.25) is 11.8 Å². The first-order chi connectivity index (χ1) is 29.0. The first-order valence-corrected chi connectivity index (χ1v) is 18.6. The third-order valence-corrected chi connectivity index (χ3v) is 9.40. The van der Waals surface area contributed by atoms with Gasteiger partial charge >= 0.3 is 12.4 Å². The van der Waals surface area contributed by atoms with Crippen molar-refractivity contribution in [2.24, 2.45) is 0 Å². The molecular formula is C40H37F7N10O4. The van der Waals surface area contributed by atoms with E-state index >= 15 is 4.39 Å². The number of nitrogens with zero attached hydrogens (tertiary/aromatic N) is 10. The fraction of sp³-hybridized carbons (Fsp3) is 0.300. The molecule has 0 fully saturated rings. The Labute approximate surface area is 343 Å². The summed E-state index contributed by atoms with van der Waals surface area (Å²) < 4.78 is 107. The lowest BCUT2D eigenvalue weighted by Gasteiger charge is -2.28. The molecule has 6 rings (SSSR count). The van der Waals surface area contributed by atoms with Crippen LogP contribution < -0.4 is 9.47 Å². The highest BCUT2D eigenvalue weighted by Gasteiger charge is 2.33. The molecule has 0 saturated carbocycles. The number of carbonyl (C=O) groups is 2. The van der Waals surface area contributed by atoms with Gasteiger partial charge in [-0.3, -0.25) is 19.6 Å². The fourth-order valence-corrected chi connectivity index (χ4v) is 6.23. The fourth-order valence-electron chi connectivity index (χ4n) is 6.23. The second-order valence-electron chi connectivity index (χ2n) is 13.5. The number of alkyl halides is 6. The number of aromatic nitrogens is 8. The Kier molecular flexibility index (Phi) is 13.0. The lowest BCUT2D eigenvalue weighted by molar-refractivity contribution is -0.138. The summed E-state index contributed by atoms with van der Waals surface area (Å²) in [7, 11) is 0. The number of halogens is 7. The summed E-state index contributed by atoms with van der Waals surface area (Å²) in [6.07, 6.45) is 0.308. The van der Waals surface area contributed by atoms with Gasteiger partial charge < -0.3 is 19.3 Å². The highest BCUT2D eigenvalue weighted by Crippen LogP contribution is 2.31. The van der Waals surface area contributed by atoms with Gasteiger partial charge in [0.1, 0.15) is 24.5 Å². The molecule has 0 aliphatic heterocycles. The lowest BCUT2D eigenvalue weighted by Crippen LogP contribution is -2.42. The molecule has 0 aromatic carbocycles. The molecule has 0 saturated heterocycles. The molecule has 0 bridgehead atoms. The van der Waals surface area contributed by atoms with Crippen molar-refractivity contribution in [1.29, 1.82) is 0 Å². The molecule has 0 N–H and O–H groups in total. The predicted molar refractivity (Wildman–Crippen MR) is 203 cm³/mol. The molecule has 0 aliphatic rings. The van der Waals surface area contributed by atoms with Crippen molar-refractivity contribution < 1.29 is 49.8 Å². The van der Waals surface area contributed by atoms with Crippen molar-refractivity contribution in [3.63, 3.8) is 0 Å². The van der Waals surface area contributed by atoms with Gasteiger partial charge in [-0.1, -0.05) is 0 Å². The van der Waals surface area contributed by atoms with Gasteiger partial charge in [-0.25, -0.2) is 23.7 Å². The molecule has 61 heavy (non-hydrogen) atoms. The Bertz CT molecular complexity index is 2440. The number of hydrogen-bond donors (Lipinski definition) is 0. The molecule has 0 aliphatic carbocycles. The number of likely N-dealkylation sites (N-methyl/N-ethyl adjacent to an activating group) is 2. The topological polar surface area (TPSA) is 146 Å². The van der Waals surface area contributed by atoms with Crippen molar-refractivity contribution in [1.82, 2.24) is 49.3 Å². The zero-order chi connectivity index (χ0) is 44.1. The van der Waals surface area contributed by atoms with Crippen LogP contribution in [0.1, 0.15) is 59.5 Å². The second kappa shape index (κ2) is 18.1. The summed E-state index contributed by atoms with van der Waals surface area (Å²) >= 11 is 0. The average Bonchev–Trinajstić information content (AvgIpc) is 3.96. The minimum Gasteiger partial charge on any atom is -0.475 e. The molecule has 320 valence electrons. The first kappa shape index (κ1) is 43.6. The quantitative estimate of drug-likeness (QED) is 0.0962. The molecule has 0 radical (unpaired) electrons. The van der Waals surface area contributed by atoms with Crippen LogP contribution in [-0.4, -0.2) is 99.5 Å². The van der Waals surface area contributed by atoms with Crippen LogP contribution >= 0.6 is 0 Å². The molecule has 21 heteroatoms. The number of amides is 2. The van der Waals surface area contributed by atoms with E-state index in [1.807, 2.05) is 0 Å². The molecular weight excluding hydrogens is 817 g/mol. The Morgan fingerprint density at radius 1 is 0.705 bits per heavy atom. The molecule has 6 heterocycles. The van der Waals surface area contributed by atoms with E-state index in [1.54, 1.807) is 46.0 Å². The number of ether oxygens (including phenoxy) is 2. The van der Waals surface area contributed by atoms with E-state index in [0.29, 0.717) is 18.1 Å². The average molecular weight is 855 g/mol. The predicted octanol–water partition coefficient (Wildman–Crippen LogP) is 7.34. The van der Waals surface area contributed by atoms with Gasteiger partial charge in [0, 0.05) is 56.2 Å². The maximum atomic E-state index is 15.6. The second-order valence-corrected chi connectivity index (χ2v) is 13.5. The van der Waals surface area contributed by atoms with Crippen LogP contribution in [0.5, 0.6) is 11.8 Å². The molecule has 14 nitrogen and oxygen atoms in total. The van der Waals surface area contributed by atoms with Gasteiger partial charge in [0.05, 0.1) is 64.4 Å². The lowest BCUT2D eigenvalue weighted by atomic mass is 10.1. The number of hydrogen-bond acceptors (Lipinski definition) is 10. The summed E-state index contributed by atoms with van der Waals surface area (Å²) in [4.78, 5) is 46.9. The summed E-state index contributed by atoms with van der Waals surface area (Å²) in [6.45, 7) is 6.78. The van der Waals surface area contributed by atoms with E-state index in [2.05, 4.69) is 30.1 Å². The van der Waals surface area contributed by atoms with Crippen LogP contribution in [0.25, 0.3) is 22.8 Å². The van der Waals surface area contributed by atoms with Crippen LogP contribution in [0.4, 0.5) is 30.7 Å². The van der Waals surface area contributed by atoms with E-state index in [0.717, 1.165) is 30.5 Å². The van der Waals surface area contributed by atoms with Crippen LogP contribution in [-0.2, 0) is 12.4 Å². The molecule has 0 unspecified atom stereocenters. The van der Waals surface area contributed by atoms with Gasteiger partial charge in [0.25, 0.3) is 11.8 Å². The monoisotopic (exact) mass is 854 g/mol. The highest BCUT2D eigenvalue weighted by atomic mass is 19.4. The maximum Gasteiger partial charge on any atom is 0.417 e. The van der Waals surface area contributed by atoms with Gasteiger partial charge in [-0.15, -0.1) is 0 Å². The Balaban J connectivity index is 1.23. The Hall–Kier alpha value is -6.93. The summed E-state index contributed by atoms with van der Waals surface area (Å²) in [5.74, 6) is -2.30. The van der Waals surface area contributed by atoms with Crippen LogP contribution in [0.3, 0.4) is 0 Å². The maximum absolute atomic E-state index is 15.6. The first-order valence-electron chi connectivity index (χ1n) is 18.6. The van der Waals surface area contributed by atoms with Gasteiger partial charge in [-0.2, -0.15) is 36.5 Å². The van der Waals surface area contributed by atoms with E-state index in [4.69, 9.17) is 9.47 Å².